The maximum Gasteiger partial charge on any atom is 0.225 e. The number of benzene rings is 1. The molecule has 0 aliphatic carbocycles. The highest BCUT2D eigenvalue weighted by Gasteiger charge is 2.11. The van der Waals surface area contributed by atoms with Crippen LogP contribution in [-0.4, -0.2) is 22.3 Å². The molecule has 1 N–H and O–H groups in total. The standard InChI is InChI=1S/C16H18N4O2/c1-12-6-3-4-7-14(12)22-9-5-8-15(21)19-16-13(10-17)11-18-20(16)2/h3-4,6-7,11H,5,8-9H2,1-2H3,(H,19,21). The molecule has 1 heterocycles. The summed E-state index contributed by atoms with van der Waals surface area (Å²) in [5.41, 5.74) is 1.42. The third kappa shape index (κ3) is 3.85. The smallest absolute Gasteiger partial charge is 0.225 e. The van der Waals surface area contributed by atoms with Crippen molar-refractivity contribution in [3.63, 3.8) is 0 Å². The maximum atomic E-state index is 11.9. The van der Waals surface area contributed by atoms with Gasteiger partial charge in [-0.3, -0.25) is 9.48 Å². The van der Waals surface area contributed by atoms with Gasteiger partial charge in [0, 0.05) is 13.5 Å². The molecule has 0 fully saturated rings. The van der Waals surface area contributed by atoms with Crippen LogP contribution in [0.2, 0.25) is 0 Å². The number of hydrogen-bond acceptors (Lipinski definition) is 4. The molecule has 2 rings (SSSR count). The molecule has 22 heavy (non-hydrogen) atoms. The van der Waals surface area contributed by atoms with Crippen LogP contribution >= 0.6 is 0 Å². The third-order valence-corrected chi connectivity index (χ3v) is 3.22. The number of aryl methyl sites for hydroxylation is 2. The van der Waals surface area contributed by atoms with Crippen molar-refractivity contribution in [1.29, 1.82) is 5.26 Å². The summed E-state index contributed by atoms with van der Waals surface area (Å²) in [7, 11) is 1.68. The lowest BCUT2D eigenvalue weighted by Gasteiger charge is -2.09. The van der Waals surface area contributed by atoms with Crippen molar-refractivity contribution >= 4 is 11.7 Å². The molecule has 1 aromatic carbocycles. The largest absolute Gasteiger partial charge is 0.493 e. The van der Waals surface area contributed by atoms with Gasteiger partial charge in [0.15, 0.2) is 0 Å². The van der Waals surface area contributed by atoms with Crippen LogP contribution in [0.4, 0.5) is 5.82 Å². The average molecular weight is 298 g/mol. The number of nitrogens with one attached hydrogen (secondary N) is 1. The predicted molar refractivity (Wildman–Crippen MR) is 82.5 cm³/mol. The Morgan fingerprint density at radius 3 is 2.95 bits per heavy atom. The first-order valence-corrected chi connectivity index (χ1v) is 7.02. The Kier molecular flexibility index (Phi) is 5.15. The molecule has 0 radical (unpaired) electrons. The predicted octanol–water partition coefficient (Wildman–Crippen LogP) is 2.40. The van der Waals surface area contributed by atoms with Crippen molar-refractivity contribution < 1.29 is 9.53 Å². The molecule has 0 atom stereocenters. The van der Waals surface area contributed by atoms with Crippen molar-refractivity contribution in [3.05, 3.63) is 41.6 Å². The second kappa shape index (κ2) is 7.27. The molecule has 6 nitrogen and oxygen atoms in total. The molecule has 0 aliphatic heterocycles. The summed E-state index contributed by atoms with van der Waals surface area (Å²) >= 11 is 0. The number of para-hydroxylation sites is 1. The van der Waals surface area contributed by atoms with Gasteiger partial charge in [-0.1, -0.05) is 18.2 Å². The van der Waals surface area contributed by atoms with Gasteiger partial charge in [0.2, 0.25) is 5.91 Å². The van der Waals surface area contributed by atoms with Gasteiger partial charge in [-0.25, -0.2) is 0 Å². The lowest BCUT2D eigenvalue weighted by Crippen LogP contribution is -2.16. The molecule has 1 amide bonds. The third-order valence-electron chi connectivity index (χ3n) is 3.22. The van der Waals surface area contributed by atoms with Crippen LogP contribution in [0.3, 0.4) is 0 Å². The van der Waals surface area contributed by atoms with E-state index in [-0.39, 0.29) is 5.91 Å². The van der Waals surface area contributed by atoms with Crippen LogP contribution in [-0.2, 0) is 11.8 Å². The summed E-state index contributed by atoms with van der Waals surface area (Å²) in [5.74, 6) is 1.10. The Morgan fingerprint density at radius 2 is 2.23 bits per heavy atom. The minimum absolute atomic E-state index is 0.159. The summed E-state index contributed by atoms with van der Waals surface area (Å²) in [4.78, 5) is 11.9. The van der Waals surface area contributed by atoms with E-state index >= 15 is 0 Å². The lowest BCUT2D eigenvalue weighted by atomic mass is 10.2. The molecular formula is C16H18N4O2. The zero-order chi connectivity index (χ0) is 15.9. The van der Waals surface area contributed by atoms with Gasteiger partial charge in [-0.2, -0.15) is 10.4 Å². The number of nitrogens with zero attached hydrogens (tertiary/aromatic N) is 3. The van der Waals surface area contributed by atoms with E-state index in [1.165, 1.54) is 10.9 Å². The normalized spacial score (nSPS) is 10.0. The zero-order valence-electron chi connectivity index (χ0n) is 12.7. The van der Waals surface area contributed by atoms with Crippen molar-refractivity contribution in [3.8, 4) is 11.8 Å². The monoisotopic (exact) mass is 298 g/mol. The van der Waals surface area contributed by atoms with Gasteiger partial charge in [-0.15, -0.1) is 0 Å². The number of nitriles is 1. The number of carbonyl (C=O) groups excluding carboxylic acids is 1. The van der Waals surface area contributed by atoms with Crippen molar-refractivity contribution in [2.45, 2.75) is 19.8 Å². The number of carbonyl (C=O) groups is 1. The quantitative estimate of drug-likeness (QED) is 0.830. The van der Waals surface area contributed by atoms with E-state index in [2.05, 4.69) is 10.4 Å². The highest BCUT2D eigenvalue weighted by molar-refractivity contribution is 5.91. The maximum absolute atomic E-state index is 11.9. The van der Waals surface area contributed by atoms with Gasteiger partial charge < -0.3 is 10.1 Å². The highest BCUT2D eigenvalue weighted by Crippen LogP contribution is 2.17. The number of aromatic nitrogens is 2. The molecule has 0 spiro atoms. The fourth-order valence-corrected chi connectivity index (χ4v) is 2.00. The molecule has 0 saturated heterocycles. The molecule has 0 unspecified atom stereocenters. The summed E-state index contributed by atoms with van der Waals surface area (Å²) in [6, 6.07) is 9.75. The molecule has 0 aliphatic rings. The number of hydrogen-bond donors (Lipinski definition) is 1. The molecular weight excluding hydrogens is 280 g/mol. The molecule has 1 aromatic heterocycles. The van der Waals surface area contributed by atoms with Crippen LogP contribution < -0.4 is 10.1 Å². The van der Waals surface area contributed by atoms with Gasteiger partial charge in [0.05, 0.1) is 12.8 Å². The Labute approximate surface area is 129 Å². The Morgan fingerprint density at radius 1 is 1.45 bits per heavy atom. The van der Waals surface area contributed by atoms with E-state index in [4.69, 9.17) is 10.00 Å². The van der Waals surface area contributed by atoms with E-state index < -0.39 is 0 Å². The van der Waals surface area contributed by atoms with Gasteiger partial charge in [0.1, 0.15) is 23.2 Å². The summed E-state index contributed by atoms with van der Waals surface area (Å²) in [6.45, 7) is 2.45. The Bertz CT molecular complexity index is 700. The van der Waals surface area contributed by atoms with Crippen LogP contribution in [0.15, 0.2) is 30.5 Å². The minimum atomic E-state index is -0.159. The second-order valence-corrected chi connectivity index (χ2v) is 4.91. The lowest BCUT2D eigenvalue weighted by molar-refractivity contribution is -0.116. The topological polar surface area (TPSA) is 79.9 Å². The van der Waals surface area contributed by atoms with E-state index in [0.717, 1.165) is 11.3 Å². The van der Waals surface area contributed by atoms with Gasteiger partial charge in [-0.05, 0) is 25.0 Å². The van der Waals surface area contributed by atoms with Crippen molar-refractivity contribution in [2.24, 2.45) is 7.05 Å². The van der Waals surface area contributed by atoms with Crippen molar-refractivity contribution in [1.82, 2.24) is 9.78 Å². The minimum Gasteiger partial charge on any atom is -0.493 e. The van der Waals surface area contributed by atoms with Crippen LogP contribution in [0, 0.1) is 18.3 Å². The molecule has 114 valence electrons. The van der Waals surface area contributed by atoms with Crippen LogP contribution in [0.1, 0.15) is 24.0 Å². The fraction of sp³-hybridized carbons (Fsp3) is 0.312. The van der Waals surface area contributed by atoms with E-state index in [1.54, 1.807) is 7.05 Å². The SMILES string of the molecule is Cc1ccccc1OCCCC(=O)Nc1c(C#N)cnn1C. The fourth-order valence-electron chi connectivity index (χ4n) is 2.00. The highest BCUT2D eigenvalue weighted by atomic mass is 16.5. The molecule has 0 saturated carbocycles. The Hall–Kier alpha value is -2.81. The average Bonchev–Trinajstić information content (AvgIpc) is 2.86. The number of anilines is 1. The molecule has 0 bridgehead atoms. The number of ether oxygens (including phenoxy) is 1. The van der Waals surface area contributed by atoms with Gasteiger partial charge >= 0.3 is 0 Å². The van der Waals surface area contributed by atoms with Crippen molar-refractivity contribution in [2.75, 3.05) is 11.9 Å². The second-order valence-electron chi connectivity index (χ2n) is 4.91. The van der Waals surface area contributed by atoms with E-state index in [1.807, 2.05) is 37.3 Å². The molecule has 2 aromatic rings. The number of amides is 1. The van der Waals surface area contributed by atoms with E-state index in [0.29, 0.717) is 30.8 Å². The first kappa shape index (κ1) is 15.6. The summed E-state index contributed by atoms with van der Waals surface area (Å²) in [5, 5.41) is 15.6. The van der Waals surface area contributed by atoms with E-state index in [9.17, 15) is 4.79 Å². The molecule has 6 heteroatoms. The number of rotatable bonds is 6. The summed E-state index contributed by atoms with van der Waals surface area (Å²) < 4.78 is 7.11. The first-order chi connectivity index (χ1) is 10.6. The Balaban J connectivity index is 1.78. The summed E-state index contributed by atoms with van der Waals surface area (Å²) in [6.07, 6.45) is 2.35. The first-order valence-electron chi connectivity index (χ1n) is 7.02. The van der Waals surface area contributed by atoms with Crippen LogP contribution in [0.25, 0.3) is 0 Å². The van der Waals surface area contributed by atoms with Crippen LogP contribution in [0.5, 0.6) is 5.75 Å². The zero-order valence-corrected chi connectivity index (χ0v) is 12.7. The van der Waals surface area contributed by atoms with Gasteiger partial charge in [0.25, 0.3) is 0 Å².